The van der Waals surface area contributed by atoms with Crippen LogP contribution >= 0.6 is 23.2 Å². The Morgan fingerprint density at radius 2 is 1.88 bits per heavy atom. The van der Waals surface area contributed by atoms with Crippen molar-refractivity contribution in [3.8, 4) is 0 Å². The summed E-state index contributed by atoms with van der Waals surface area (Å²) in [5, 5.41) is 1.08. The maximum atomic E-state index is 6.45. The van der Waals surface area contributed by atoms with Crippen LogP contribution in [0.15, 0.2) is 55.6 Å². The van der Waals surface area contributed by atoms with E-state index >= 15 is 0 Å². The molecule has 0 amide bonds. The molecule has 1 saturated heterocycles. The van der Waals surface area contributed by atoms with Gasteiger partial charge in [-0.05, 0) is 12.1 Å². The summed E-state index contributed by atoms with van der Waals surface area (Å²) in [7, 11) is 0. The fourth-order valence-electron chi connectivity index (χ4n) is 3.01. The number of imidazole rings is 2. The fraction of sp³-hybridized carbons (Fsp3) is 0.294. The fourth-order valence-corrected chi connectivity index (χ4v) is 3.57. The average Bonchev–Trinajstić information content (AvgIpc) is 3.31. The zero-order valence-corrected chi connectivity index (χ0v) is 14.8. The van der Waals surface area contributed by atoms with E-state index in [-0.39, 0.29) is 6.10 Å². The molecule has 1 aliphatic heterocycles. The second kappa shape index (κ2) is 6.80. The molecule has 0 bridgehead atoms. The quantitative estimate of drug-likeness (QED) is 0.682. The standard InChI is InChI=1S/C17H16Cl2N4O2/c18-13-1-2-15(16(19)7-13)17(10-23-6-4-21-12-23)24-9-14(25-17)8-22-5-3-20-11-22/h1-7,11-12,14H,8-10H2/t14-,17-/m0/s1. The topological polar surface area (TPSA) is 54.1 Å². The molecule has 2 aromatic heterocycles. The molecule has 0 aliphatic carbocycles. The van der Waals surface area contributed by atoms with E-state index in [0.717, 1.165) is 5.56 Å². The highest BCUT2D eigenvalue weighted by Gasteiger charge is 2.45. The van der Waals surface area contributed by atoms with Crippen LogP contribution in [0.25, 0.3) is 0 Å². The van der Waals surface area contributed by atoms with Gasteiger partial charge in [0.1, 0.15) is 6.10 Å². The average molecular weight is 379 g/mol. The first-order valence-electron chi connectivity index (χ1n) is 7.83. The number of halogens is 2. The summed E-state index contributed by atoms with van der Waals surface area (Å²) in [4.78, 5) is 8.15. The molecule has 2 atom stereocenters. The van der Waals surface area contributed by atoms with Crippen LogP contribution in [-0.4, -0.2) is 31.8 Å². The van der Waals surface area contributed by atoms with E-state index in [1.54, 1.807) is 37.2 Å². The highest BCUT2D eigenvalue weighted by atomic mass is 35.5. The minimum Gasteiger partial charge on any atom is -0.342 e. The van der Waals surface area contributed by atoms with Crippen molar-refractivity contribution >= 4 is 23.2 Å². The van der Waals surface area contributed by atoms with E-state index in [1.807, 2.05) is 27.6 Å². The van der Waals surface area contributed by atoms with Gasteiger partial charge in [0.05, 0.1) is 37.4 Å². The lowest BCUT2D eigenvalue weighted by Crippen LogP contribution is -2.34. The molecule has 1 aromatic carbocycles. The number of nitrogens with zero attached hydrogens (tertiary/aromatic N) is 4. The van der Waals surface area contributed by atoms with Gasteiger partial charge in [-0.1, -0.05) is 29.3 Å². The van der Waals surface area contributed by atoms with Gasteiger partial charge >= 0.3 is 0 Å². The van der Waals surface area contributed by atoms with Crippen molar-refractivity contribution in [1.82, 2.24) is 19.1 Å². The van der Waals surface area contributed by atoms with E-state index in [9.17, 15) is 0 Å². The lowest BCUT2D eigenvalue weighted by Gasteiger charge is -2.30. The van der Waals surface area contributed by atoms with Crippen LogP contribution in [-0.2, 0) is 28.4 Å². The summed E-state index contributed by atoms with van der Waals surface area (Å²) in [6, 6.07) is 5.33. The summed E-state index contributed by atoms with van der Waals surface area (Å²) < 4.78 is 16.4. The molecular weight excluding hydrogens is 363 g/mol. The lowest BCUT2D eigenvalue weighted by molar-refractivity contribution is -0.188. The van der Waals surface area contributed by atoms with Gasteiger partial charge in [0.25, 0.3) is 0 Å². The first-order valence-corrected chi connectivity index (χ1v) is 8.59. The third-order valence-electron chi connectivity index (χ3n) is 4.12. The zero-order chi connectivity index (χ0) is 17.3. The first kappa shape index (κ1) is 16.6. The van der Waals surface area contributed by atoms with E-state index in [4.69, 9.17) is 32.7 Å². The van der Waals surface area contributed by atoms with E-state index < -0.39 is 5.79 Å². The number of benzene rings is 1. The molecular formula is C17H16Cl2N4O2. The summed E-state index contributed by atoms with van der Waals surface area (Å²) in [5.41, 5.74) is 0.750. The number of hydrogen-bond donors (Lipinski definition) is 0. The van der Waals surface area contributed by atoms with E-state index in [2.05, 4.69) is 9.97 Å². The third-order valence-corrected chi connectivity index (χ3v) is 4.67. The normalized spacial score (nSPS) is 23.2. The molecule has 0 saturated carbocycles. The van der Waals surface area contributed by atoms with Crippen molar-refractivity contribution in [2.24, 2.45) is 0 Å². The van der Waals surface area contributed by atoms with E-state index in [0.29, 0.717) is 29.7 Å². The van der Waals surface area contributed by atoms with Gasteiger partial charge in [-0.15, -0.1) is 0 Å². The Balaban J connectivity index is 1.65. The van der Waals surface area contributed by atoms with Gasteiger partial charge in [-0.2, -0.15) is 0 Å². The summed E-state index contributed by atoms with van der Waals surface area (Å²) in [6.45, 7) is 1.54. The van der Waals surface area contributed by atoms with Crippen molar-refractivity contribution in [2.75, 3.05) is 6.61 Å². The Morgan fingerprint density at radius 1 is 1.12 bits per heavy atom. The Hall–Kier alpha value is -1.86. The molecule has 0 spiro atoms. The maximum absolute atomic E-state index is 6.45. The van der Waals surface area contributed by atoms with Gasteiger partial charge in [0, 0.05) is 35.4 Å². The van der Waals surface area contributed by atoms with Gasteiger partial charge < -0.3 is 18.6 Å². The summed E-state index contributed by atoms with van der Waals surface area (Å²) in [5.74, 6) is -0.992. The van der Waals surface area contributed by atoms with Crippen LogP contribution in [0.1, 0.15) is 5.56 Å². The molecule has 0 radical (unpaired) electrons. The molecule has 3 aromatic rings. The van der Waals surface area contributed by atoms with Crippen molar-refractivity contribution < 1.29 is 9.47 Å². The summed E-state index contributed by atoms with van der Waals surface area (Å²) in [6.07, 6.45) is 10.6. The molecule has 130 valence electrons. The molecule has 0 N–H and O–H groups in total. The van der Waals surface area contributed by atoms with Crippen molar-refractivity contribution in [3.05, 3.63) is 71.2 Å². The highest BCUT2D eigenvalue weighted by molar-refractivity contribution is 6.35. The SMILES string of the molecule is Clc1ccc([C@@]2(Cn3ccnc3)OC[C@H](Cn3ccnc3)O2)c(Cl)c1. The Labute approximate surface area is 154 Å². The largest absolute Gasteiger partial charge is 0.342 e. The van der Waals surface area contributed by atoms with Crippen LogP contribution < -0.4 is 0 Å². The monoisotopic (exact) mass is 378 g/mol. The maximum Gasteiger partial charge on any atom is 0.215 e. The van der Waals surface area contributed by atoms with Crippen LogP contribution in [0.4, 0.5) is 0 Å². The third kappa shape index (κ3) is 3.43. The smallest absolute Gasteiger partial charge is 0.215 e. The lowest BCUT2D eigenvalue weighted by atomic mass is 10.1. The minimum absolute atomic E-state index is 0.121. The predicted molar refractivity (Wildman–Crippen MR) is 93.4 cm³/mol. The minimum atomic E-state index is -0.992. The second-order valence-electron chi connectivity index (χ2n) is 5.92. The number of rotatable bonds is 5. The predicted octanol–water partition coefficient (Wildman–Crippen LogP) is 3.36. The molecule has 8 heteroatoms. The van der Waals surface area contributed by atoms with E-state index in [1.165, 1.54) is 0 Å². The Kier molecular flexibility index (Phi) is 4.52. The van der Waals surface area contributed by atoms with Crippen molar-refractivity contribution in [1.29, 1.82) is 0 Å². The van der Waals surface area contributed by atoms with Crippen LogP contribution in [0.2, 0.25) is 10.0 Å². The first-order chi connectivity index (χ1) is 12.1. The number of hydrogen-bond acceptors (Lipinski definition) is 4. The van der Waals surface area contributed by atoms with Gasteiger partial charge in [-0.3, -0.25) is 0 Å². The molecule has 1 fully saturated rings. The molecule has 6 nitrogen and oxygen atoms in total. The number of ether oxygens (including phenoxy) is 2. The van der Waals surface area contributed by atoms with Gasteiger partial charge in [-0.25, -0.2) is 9.97 Å². The van der Waals surface area contributed by atoms with Gasteiger partial charge in [0.2, 0.25) is 5.79 Å². The summed E-state index contributed by atoms with van der Waals surface area (Å²) >= 11 is 12.5. The zero-order valence-electron chi connectivity index (χ0n) is 13.3. The molecule has 1 aliphatic rings. The second-order valence-corrected chi connectivity index (χ2v) is 6.77. The van der Waals surface area contributed by atoms with Crippen molar-refractivity contribution in [3.63, 3.8) is 0 Å². The molecule has 3 heterocycles. The Bertz CT molecular complexity index is 838. The molecule has 25 heavy (non-hydrogen) atoms. The van der Waals surface area contributed by atoms with Gasteiger partial charge in [0.15, 0.2) is 0 Å². The molecule has 4 rings (SSSR count). The van der Waals surface area contributed by atoms with Crippen LogP contribution in [0, 0.1) is 0 Å². The Morgan fingerprint density at radius 3 is 2.56 bits per heavy atom. The van der Waals surface area contributed by atoms with Crippen molar-refractivity contribution in [2.45, 2.75) is 25.0 Å². The molecule has 0 unspecified atom stereocenters. The van der Waals surface area contributed by atoms with Crippen LogP contribution in [0.5, 0.6) is 0 Å². The number of aromatic nitrogens is 4. The van der Waals surface area contributed by atoms with Crippen LogP contribution in [0.3, 0.4) is 0 Å². The highest BCUT2D eigenvalue weighted by Crippen LogP contribution is 2.40.